The lowest BCUT2D eigenvalue weighted by molar-refractivity contribution is 0.404. The molecule has 1 unspecified atom stereocenters. The molecule has 20 heavy (non-hydrogen) atoms. The van der Waals surface area contributed by atoms with Crippen molar-refractivity contribution in [3.63, 3.8) is 0 Å². The molecule has 114 valence electrons. The summed E-state index contributed by atoms with van der Waals surface area (Å²) in [5.74, 6) is 0.842. The van der Waals surface area contributed by atoms with Gasteiger partial charge in [-0.2, -0.15) is 21.2 Å². The van der Waals surface area contributed by atoms with Crippen molar-refractivity contribution < 1.29 is 16.8 Å². The third-order valence-corrected chi connectivity index (χ3v) is 8.11. The molecule has 0 aromatic carbocycles. The van der Waals surface area contributed by atoms with Crippen LogP contribution in [0.2, 0.25) is 0 Å². The van der Waals surface area contributed by atoms with Crippen LogP contribution < -0.4 is 0 Å². The van der Waals surface area contributed by atoms with Crippen LogP contribution in [0.15, 0.2) is 4.90 Å². The minimum atomic E-state index is -3.87. The average molecular weight is 339 g/mol. The van der Waals surface area contributed by atoms with Crippen LogP contribution in [-0.4, -0.2) is 61.0 Å². The van der Waals surface area contributed by atoms with E-state index in [0.717, 1.165) is 10.6 Å². The molecule has 1 aromatic heterocycles. The third kappa shape index (κ3) is 2.74. The van der Waals surface area contributed by atoms with Crippen molar-refractivity contribution in [1.82, 2.24) is 14.5 Å². The normalized spacial score (nSPS) is 22.1. The van der Waals surface area contributed by atoms with Gasteiger partial charge < -0.3 is 0 Å². The lowest BCUT2D eigenvalue weighted by Crippen LogP contribution is -2.49. The number of hydrogen-bond acceptors (Lipinski definition) is 6. The topological polar surface area (TPSA) is 100 Å². The van der Waals surface area contributed by atoms with E-state index in [2.05, 4.69) is 10.2 Å². The zero-order valence-electron chi connectivity index (χ0n) is 11.5. The Morgan fingerprint density at radius 1 is 1.30 bits per heavy atom. The highest BCUT2D eigenvalue weighted by Crippen LogP contribution is 2.29. The lowest BCUT2D eigenvalue weighted by atomic mass is 10.4. The molecule has 0 amide bonds. The molecular weight excluding hydrogens is 322 g/mol. The number of H-pyrrole nitrogens is 1. The highest BCUT2D eigenvalue weighted by molar-refractivity contribution is 8.01. The molecule has 2 rings (SSSR count). The summed E-state index contributed by atoms with van der Waals surface area (Å²) >= 11 is 1.45. The number of rotatable bonds is 3. The van der Waals surface area contributed by atoms with Crippen LogP contribution in [-0.2, 0) is 19.9 Å². The summed E-state index contributed by atoms with van der Waals surface area (Å²) in [7, 11) is -7.34. The number of nitrogens with zero attached hydrogens (tertiary/aromatic N) is 2. The maximum atomic E-state index is 12.7. The average Bonchev–Trinajstić information content (AvgIpc) is 2.68. The molecule has 1 aliphatic heterocycles. The predicted molar refractivity (Wildman–Crippen MR) is 77.9 cm³/mol. The standard InChI is InChI=1S/C10H17N3O4S3/c1-7-10(8(2)12-11-7)20(16,17)13-4-5-18-6-9(13)19(3,14)15/h9H,4-6H2,1-3H3,(H,11,12). The second-order valence-electron chi connectivity index (χ2n) is 4.74. The SMILES string of the molecule is Cc1n[nH]c(C)c1S(=O)(=O)N1CCSCC1S(C)(=O)=O. The summed E-state index contributed by atoms with van der Waals surface area (Å²) in [4.78, 5) is 0.0815. The summed E-state index contributed by atoms with van der Waals surface area (Å²) in [5.41, 5.74) is 0.779. The third-order valence-electron chi connectivity index (χ3n) is 3.16. The first-order valence-corrected chi connectivity index (χ1v) is 10.5. The summed E-state index contributed by atoms with van der Waals surface area (Å²) < 4.78 is 50.2. The Kier molecular flexibility index (Phi) is 4.20. The smallest absolute Gasteiger partial charge is 0.247 e. The Morgan fingerprint density at radius 3 is 2.45 bits per heavy atom. The van der Waals surface area contributed by atoms with E-state index >= 15 is 0 Å². The maximum absolute atomic E-state index is 12.7. The molecular formula is C10H17N3O4S3. The van der Waals surface area contributed by atoms with Crippen LogP contribution in [0, 0.1) is 13.8 Å². The summed E-state index contributed by atoms with van der Waals surface area (Å²) in [6.45, 7) is 3.39. The van der Waals surface area contributed by atoms with Gasteiger partial charge in [-0.1, -0.05) is 0 Å². The van der Waals surface area contributed by atoms with Crippen LogP contribution in [0.4, 0.5) is 0 Å². The van der Waals surface area contributed by atoms with Gasteiger partial charge in [0, 0.05) is 24.3 Å². The van der Waals surface area contributed by atoms with E-state index in [1.54, 1.807) is 13.8 Å². The summed E-state index contributed by atoms with van der Waals surface area (Å²) in [6.07, 6.45) is 1.07. The monoisotopic (exact) mass is 339 g/mol. The van der Waals surface area contributed by atoms with Crippen LogP contribution >= 0.6 is 11.8 Å². The number of sulfone groups is 1. The van der Waals surface area contributed by atoms with Gasteiger partial charge >= 0.3 is 0 Å². The first-order chi connectivity index (χ1) is 9.15. The first-order valence-electron chi connectivity index (χ1n) is 5.95. The molecule has 10 heteroatoms. The maximum Gasteiger partial charge on any atom is 0.247 e. The van der Waals surface area contributed by atoms with Crippen molar-refractivity contribution in [2.75, 3.05) is 24.3 Å². The van der Waals surface area contributed by atoms with E-state index in [0.29, 0.717) is 17.1 Å². The largest absolute Gasteiger partial charge is 0.281 e. The molecule has 7 nitrogen and oxygen atoms in total. The molecule has 1 atom stereocenters. The Morgan fingerprint density at radius 2 is 1.95 bits per heavy atom. The number of thioether (sulfide) groups is 1. The Labute approximate surface area is 123 Å². The summed E-state index contributed by atoms with van der Waals surface area (Å²) in [6, 6.07) is 0. The fourth-order valence-electron chi connectivity index (χ4n) is 2.22. The second kappa shape index (κ2) is 5.32. The zero-order valence-corrected chi connectivity index (χ0v) is 13.9. The molecule has 1 fully saturated rings. The molecule has 0 bridgehead atoms. The second-order valence-corrected chi connectivity index (χ2v) is 9.92. The van der Waals surface area contributed by atoms with Crippen LogP contribution in [0.3, 0.4) is 0 Å². The van der Waals surface area contributed by atoms with E-state index in [-0.39, 0.29) is 17.2 Å². The number of aromatic amines is 1. The minimum absolute atomic E-state index is 0.0815. The van der Waals surface area contributed by atoms with Crippen molar-refractivity contribution in [1.29, 1.82) is 0 Å². The quantitative estimate of drug-likeness (QED) is 0.840. The Bertz CT molecular complexity index is 689. The van der Waals surface area contributed by atoms with Gasteiger partial charge in [-0.25, -0.2) is 16.8 Å². The van der Waals surface area contributed by atoms with E-state index in [1.807, 2.05) is 0 Å². The fraction of sp³-hybridized carbons (Fsp3) is 0.700. The first kappa shape index (κ1) is 15.8. The van der Waals surface area contributed by atoms with Crippen LogP contribution in [0.1, 0.15) is 11.4 Å². The Balaban J connectivity index is 2.52. The number of sulfonamides is 1. The molecule has 1 aliphatic rings. The number of aromatic nitrogens is 2. The molecule has 0 aliphatic carbocycles. The van der Waals surface area contributed by atoms with Gasteiger partial charge in [0.25, 0.3) is 0 Å². The minimum Gasteiger partial charge on any atom is -0.281 e. The lowest BCUT2D eigenvalue weighted by Gasteiger charge is -2.32. The number of aryl methyl sites for hydroxylation is 2. The van der Waals surface area contributed by atoms with Crippen molar-refractivity contribution >= 4 is 31.6 Å². The Hall–Kier alpha value is -0.580. The van der Waals surface area contributed by atoms with Gasteiger partial charge in [-0.15, -0.1) is 0 Å². The molecule has 0 saturated carbocycles. The molecule has 1 saturated heterocycles. The number of nitrogens with one attached hydrogen (secondary N) is 1. The highest BCUT2D eigenvalue weighted by atomic mass is 32.2. The van der Waals surface area contributed by atoms with Gasteiger partial charge in [-0.05, 0) is 13.8 Å². The summed E-state index contributed by atoms with van der Waals surface area (Å²) in [5, 5.41) is 5.49. The van der Waals surface area contributed by atoms with Crippen LogP contribution in [0.25, 0.3) is 0 Å². The molecule has 2 heterocycles. The van der Waals surface area contributed by atoms with Crippen LogP contribution in [0.5, 0.6) is 0 Å². The van der Waals surface area contributed by atoms with E-state index in [9.17, 15) is 16.8 Å². The van der Waals surface area contributed by atoms with Crippen molar-refractivity contribution in [3.05, 3.63) is 11.4 Å². The highest BCUT2D eigenvalue weighted by Gasteiger charge is 2.41. The zero-order chi connectivity index (χ0) is 15.1. The van der Waals surface area contributed by atoms with Gasteiger partial charge in [0.2, 0.25) is 10.0 Å². The van der Waals surface area contributed by atoms with E-state index < -0.39 is 25.2 Å². The molecule has 1 N–H and O–H groups in total. The molecule has 1 aromatic rings. The van der Waals surface area contributed by atoms with Crippen molar-refractivity contribution in [3.8, 4) is 0 Å². The molecule has 0 radical (unpaired) electrons. The van der Waals surface area contributed by atoms with E-state index in [1.165, 1.54) is 11.8 Å². The van der Waals surface area contributed by atoms with Gasteiger partial charge in [0.05, 0.1) is 11.4 Å². The van der Waals surface area contributed by atoms with Crippen molar-refractivity contribution in [2.45, 2.75) is 24.1 Å². The van der Waals surface area contributed by atoms with Gasteiger partial charge in [0.15, 0.2) is 9.84 Å². The fourth-order valence-corrected chi connectivity index (χ4v) is 7.72. The van der Waals surface area contributed by atoms with E-state index in [4.69, 9.17) is 0 Å². The predicted octanol–water partition coefficient (Wildman–Crippen LogP) is 0.135. The van der Waals surface area contributed by atoms with Gasteiger partial charge in [-0.3, -0.25) is 5.10 Å². The van der Waals surface area contributed by atoms with Crippen molar-refractivity contribution in [2.24, 2.45) is 0 Å². The molecule has 0 spiro atoms. The number of hydrogen-bond donors (Lipinski definition) is 1. The van der Waals surface area contributed by atoms with Gasteiger partial charge in [0.1, 0.15) is 10.3 Å².